The lowest BCUT2D eigenvalue weighted by Crippen LogP contribution is -2.58. The van der Waals surface area contributed by atoms with Gasteiger partial charge in [0.25, 0.3) is 0 Å². The van der Waals surface area contributed by atoms with Gasteiger partial charge in [-0.05, 0) is 36.1 Å². The van der Waals surface area contributed by atoms with E-state index >= 15 is 0 Å². The molecule has 0 aromatic heterocycles. The fraction of sp³-hybridized carbons (Fsp3) is 0.294. The third-order valence-electron chi connectivity index (χ3n) is 4.19. The Morgan fingerprint density at radius 3 is 2.45 bits per heavy atom. The Labute approximate surface area is 117 Å². The van der Waals surface area contributed by atoms with Crippen LogP contribution in [0.15, 0.2) is 42.5 Å². The average Bonchev–Trinajstić information content (AvgIpc) is 2.37. The number of benzene rings is 2. The molecule has 1 N–H and O–H groups in total. The maximum absolute atomic E-state index is 13.9. The summed E-state index contributed by atoms with van der Waals surface area (Å²) >= 11 is 0. The molecule has 1 nitrogen and oxygen atoms in total. The van der Waals surface area contributed by atoms with Crippen LogP contribution in [0.25, 0.3) is 0 Å². The SMILES string of the molecule is Cc1ccccc1C1(Cc2ccc(F)cc2F)CNC1. The first-order valence-corrected chi connectivity index (χ1v) is 6.81. The molecule has 2 aromatic carbocycles. The summed E-state index contributed by atoms with van der Waals surface area (Å²) in [6.45, 7) is 3.74. The molecule has 0 bridgehead atoms. The van der Waals surface area contributed by atoms with Crippen LogP contribution in [0, 0.1) is 18.6 Å². The smallest absolute Gasteiger partial charge is 0.129 e. The molecule has 3 rings (SSSR count). The molecule has 0 amide bonds. The summed E-state index contributed by atoms with van der Waals surface area (Å²) in [5, 5.41) is 3.28. The van der Waals surface area contributed by atoms with Crippen LogP contribution in [0.2, 0.25) is 0 Å². The van der Waals surface area contributed by atoms with Gasteiger partial charge in [-0.2, -0.15) is 0 Å². The van der Waals surface area contributed by atoms with Crippen molar-refractivity contribution in [2.24, 2.45) is 0 Å². The van der Waals surface area contributed by atoms with Crippen molar-refractivity contribution in [3.63, 3.8) is 0 Å². The van der Waals surface area contributed by atoms with Crippen molar-refractivity contribution >= 4 is 0 Å². The Bertz CT molecular complexity index is 633. The molecule has 0 aliphatic carbocycles. The van der Waals surface area contributed by atoms with Crippen LogP contribution in [0.5, 0.6) is 0 Å². The molecular weight excluding hydrogens is 256 g/mol. The molecule has 1 saturated heterocycles. The largest absolute Gasteiger partial charge is 0.315 e. The zero-order chi connectivity index (χ0) is 14.2. The van der Waals surface area contributed by atoms with Crippen molar-refractivity contribution in [3.05, 3.63) is 70.8 Å². The molecule has 0 atom stereocenters. The summed E-state index contributed by atoms with van der Waals surface area (Å²) in [6, 6.07) is 12.1. The van der Waals surface area contributed by atoms with Crippen molar-refractivity contribution in [1.29, 1.82) is 0 Å². The normalized spacial score (nSPS) is 16.8. The second-order valence-electron chi connectivity index (χ2n) is 5.61. The monoisotopic (exact) mass is 273 g/mol. The molecule has 1 aliphatic rings. The predicted molar refractivity (Wildman–Crippen MR) is 75.8 cm³/mol. The first-order valence-electron chi connectivity index (χ1n) is 6.81. The molecule has 20 heavy (non-hydrogen) atoms. The zero-order valence-electron chi connectivity index (χ0n) is 11.4. The van der Waals surface area contributed by atoms with Gasteiger partial charge in [0.1, 0.15) is 11.6 Å². The molecule has 1 aliphatic heterocycles. The number of hydrogen-bond acceptors (Lipinski definition) is 1. The van der Waals surface area contributed by atoms with Crippen LogP contribution in [0.1, 0.15) is 16.7 Å². The lowest BCUT2D eigenvalue weighted by atomic mass is 9.69. The van der Waals surface area contributed by atoms with Crippen LogP contribution >= 0.6 is 0 Å². The van der Waals surface area contributed by atoms with Crippen LogP contribution < -0.4 is 5.32 Å². The second-order valence-corrected chi connectivity index (χ2v) is 5.61. The number of rotatable bonds is 3. The molecule has 1 fully saturated rings. The van der Waals surface area contributed by atoms with Gasteiger partial charge in [-0.3, -0.25) is 0 Å². The van der Waals surface area contributed by atoms with E-state index in [0.717, 1.165) is 19.2 Å². The van der Waals surface area contributed by atoms with Crippen molar-refractivity contribution in [2.75, 3.05) is 13.1 Å². The number of aryl methyl sites for hydroxylation is 1. The summed E-state index contributed by atoms with van der Waals surface area (Å²) in [7, 11) is 0. The summed E-state index contributed by atoms with van der Waals surface area (Å²) in [5.74, 6) is -0.979. The molecule has 3 heteroatoms. The zero-order valence-corrected chi connectivity index (χ0v) is 11.4. The molecule has 2 aromatic rings. The molecule has 104 valence electrons. The van der Waals surface area contributed by atoms with E-state index < -0.39 is 11.6 Å². The topological polar surface area (TPSA) is 12.0 Å². The van der Waals surface area contributed by atoms with Gasteiger partial charge in [0.2, 0.25) is 0 Å². The maximum Gasteiger partial charge on any atom is 0.129 e. The van der Waals surface area contributed by atoms with Crippen LogP contribution in [0.4, 0.5) is 8.78 Å². The summed E-state index contributed by atoms with van der Waals surface area (Å²) in [6.07, 6.45) is 0.594. The molecule has 0 radical (unpaired) electrons. The van der Waals surface area contributed by atoms with E-state index in [1.165, 1.54) is 17.2 Å². The van der Waals surface area contributed by atoms with Crippen molar-refractivity contribution < 1.29 is 8.78 Å². The molecule has 0 unspecified atom stereocenters. The van der Waals surface area contributed by atoms with Gasteiger partial charge in [-0.1, -0.05) is 30.3 Å². The lowest BCUT2D eigenvalue weighted by Gasteiger charge is -2.44. The highest BCUT2D eigenvalue weighted by Crippen LogP contribution is 2.35. The first-order chi connectivity index (χ1) is 9.61. The van der Waals surface area contributed by atoms with Gasteiger partial charge in [0, 0.05) is 24.6 Å². The van der Waals surface area contributed by atoms with Gasteiger partial charge in [-0.15, -0.1) is 0 Å². The maximum atomic E-state index is 13.9. The van der Waals surface area contributed by atoms with Crippen LogP contribution in [0.3, 0.4) is 0 Å². The summed E-state index contributed by atoms with van der Waals surface area (Å²) in [5.41, 5.74) is 2.97. The highest BCUT2D eigenvalue weighted by Gasteiger charge is 2.40. The minimum Gasteiger partial charge on any atom is -0.315 e. The van der Waals surface area contributed by atoms with Gasteiger partial charge >= 0.3 is 0 Å². The lowest BCUT2D eigenvalue weighted by molar-refractivity contribution is 0.270. The second kappa shape index (κ2) is 4.98. The molecule has 1 heterocycles. The van der Waals surface area contributed by atoms with E-state index in [9.17, 15) is 8.78 Å². The third-order valence-corrected chi connectivity index (χ3v) is 4.19. The van der Waals surface area contributed by atoms with E-state index in [1.54, 1.807) is 6.07 Å². The van der Waals surface area contributed by atoms with Crippen molar-refractivity contribution in [1.82, 2.24) is 5.32 Å². The predicted octanol–water partition coefficient (Wildman–Crippen LogP) is 3.36. The van der Waals surface area contributed by atoms with Gasteiger partial charge in [0.15, 0.2) is 0 Å². The fourth-order valence-corrected chi connectivity index (χ4v) is 3.03. The summed E-state index contributed by atoms with van der Waals surface area (Å²) in [4.78, 5) is 0. The highest BCUT2D eigenvalue weighted by atomic mass is 19.1. The molecule has 0 spiro atoms. The Balaban J connectivity index is 1.96. The van der Waals surface area contributed by atoms with Crippen molar-refractivity contribution in [2.45, 2.75) is 18.8 Å². The van der Waals surface area contributed by atoms with E-state index in [2.05, 4.69) is 24.4 Å². The van der Waals surface area contributed by atoms with Gasteiger partial charge in [0.05, 0.1) is 0 Å². The number of halogens is 2. The van der Waals surface area contributed by atoms with E-state index in [-0.39, 0.29) is 5.41 Å². The minimum absolute atomic E-state index is 0.0794. The fourth-order valence-electron chi connectivity index (χ4n) is 3.03. The quantitative estimate of drug-likeness (QED) is 0.904. The van der Waals surface area contributed by atoms with Crippen molar-refractivity contribution in [3.8, 4) is 0 Å². The van der Waals surface area contributed by atoms with Crippen LogP contribution in [-0.4, -0.2) is 13.1 Å². The van der Waals surface area contributed by atoms with Gasteiger partial charge < -0.3 is 5.32 Å². The molecule has 0 saturated carbocycles. The highest BCUT2D eigenvalue weighted by molar-refractivity contribution is 5.39. The Morgan fingerprint density at radius 1 is 1.10 bits per heavy atom. The minimum atomic E-state index is -0.525. The Morgan fingerprint density at radius 2 is 1.85 bits per heavy atom. The number of hydrogen-bond donors (Lipinski definition) is 1. The standard InChI is InChI=1S/C17H17F2N/c1-12-4-2-3-5-15(12)17(10-20-11-17)9-13-6-7-14(18)8-16(13)19/h2-8,20H,9-11H2,1H3. The number of nitrogens with one attached hydrogen (secondary N) is 1. The first kappa shape index (κ1) is 13.3. The summed E-state index contributed by atoms with van der Waals surface area (Å²) < 4.78 is 26.9. The van der Waals surface area contributed by atoms with Gasteiger partial charge in [-0.25, -0.2) is 8.78 Å². The van der Waals surface area contributed by atoms with E-state index in [1.807, 2.05) is 12.1 Å². The Kier molecular flexibility index (Phi) is 3.30. The Hall–Kier alpha value is -1.74. The van der Waals surface area contributed by atoms with Crippen LogP contribution in [-0.2, 0) is 11.8 Å². The average molecular weight is 273 g/mol. The third kappa shape index (κ3) is 2.22. The van der Waals surface area contributed by atoms with E-state index in [0.29, 0.717) is 12.0 Å². The molecular formula is C17H17F2N. The van der Waals surface area contributed by atoms with E-state index in [4.69, 9.17) is 0 Å².